The summed E-state index contributed by atoms with van der Waals surface area (Å²) in [5, 5.41) is 29.7. The smallest absolute Gasteiger partial charge is 0.191 e. The van der Waals surface area contributed by atoms with Gasteiger partial charge in [0.25, 0.3) is 0 Å². The molecule has 0 aromatic carbocycles. The first-order chi connectivity index (χ1) is 8.75. The Morgan fingerprint density at radius 3 is 2.79 bits per heavy atom. The summed E-state index contributed by atoms with van der Waals surface area (Å²) in [4.78, 5) is 12.1. The van der Waals surface area contributed by atoms with Crippen LogP contribution in [-0.4, -0.2) is 39.4 Å². The zero-order valence-electron chi connectivity index (χ0n) is 11.3. The lowest BCUT2D eigenvalue weighted by atomic mass is 9.57. The molecule has 0 unspecified atom stereocenters. The Morgan fingerprint density at radius 1 is 1.58 bits per heavy atom. The average molecular weight is 264 g/mol. The van der Waals surface area contributed by atoms with Gasteiger partial charge in [0, 0.05) is 5.41 Å². The van der Waals surface area contributed by atoms with Gasteiger partial charge in [-0.05, 0) is 29.6 Å². The summed E-state index contributed by atoms with van der Waals surface area (Å²) in [6.07, 6.45) is 4.33. The van der Waals surface area contributed by atoms with Crippen LogP contribution in [0.4, 0.5) is 0 Å². The summed E-state index contributed by atoms with van der Waals surface area (Å²) in [5.74, 6) is -0.581. The lowest BCUT2D eigenvalue weighted by Gasteiger charge is -2.48. The van der Waals surface area contributed by atoms with Crippen LogP contribution in [0.3, 0.4) is 0 Å². The van der Waals surface area contributed by atoms with Crippen LogP contribution in [0.5, 0.6) is 0 Å². The largest absolute Gasteiger partial charge is 0.392 e. The van der Waals surface area contributed by atoms with E-state index < -0.39 is 29.5 Å². The second-order valence-electron chi connectivity index (χ2n) is 5.82. The lowest BCUT2D eigenvalue weighted by Crippen LogP contribution is -2.52. The Balaban J connectivity index is 2.52. The van der Waals surface area contributed by atoms with Crippen molar-refractivity contribution in [2.75, 3.05) is 6.61 Å². The number of allylic oxidation sites excluding steroid dienone is 2. The van der Waals surface area contributed by atoms with Crippen molar-refractivity contribution in [3.8, 4) is 0 Å². The van der Waals surface area contributed by atoms with Crippen molar-refractivity contribution < 1.29 is 20.1 Å². The predicted molar refractivity (Wildman–Crippen MR) is 71.3 cm³/mol. The highest BCUT2D eigenvalue weighted by Gasteiger charge is 2.52. The van der Waals surface area contributed by atoms with Gasteiger partial charge in [-0.3, -0.25) is 4.79 Å². The molecule has 104 valence electrons. The van der Waals surface area contributed by atoms with Gasteiger partial charge in [-0.15, -0.1) is 0 Å². The van der Waals surface area contributed by atoms with Crippen LogP contribution in [0, 0.1) is 11.3 Å². The zero-order chi connectivity index (χ0) is 14.4. The van der Waals surface area contributed by atoms with E-state index in [9.17, 15) is 20.1 Å². The highest BCUT2D eigenvalue weighted by molar-refractivity contribution is 6.01. The topological polar surface area (TPSA) is 77.8 Å². The van der Waals surface area contributed by atoms with Crippen molar-refractivity contribution in [3.05, 3.63) is 36.0 Å². The molecule has 2 aliphatic rings. The van der Waals surface area contributed by atoms with Crippen molar-refractivity contribution in [2.24, 2.45) is 11.3 Å². The molecule has 0 amide bonds. The van der Waals surface area contributed by atoms with Gasteiger partial charge in [-0.1, -0.05) is 32.6 Å². The maximum atomic E-state index is 12.1. The Labute approximate surface area is 112 Å². The molecule has 4 atom stereocenters. The van der Waals surface area contributed by atoms with E-state index in [4.69, 9.17) is 0 Å². The number of ketones is 1. The highest BCUT2D eigenvalue weighted by Crippen LogP contribution is 2.51. The number of carbonyl (C=O) groups is 1. The molecular formula is C15H20O4. The van der Waals surface area contributed by atoms with E-state index in [0.717, 1.165) is 5.57 Å². The fourth-order valence-electron chi connectivity index (χ4n) is 2.98. The summed E-state index contributed by atoms with van der Waals surface area (Å²) in [7, 11) is 0. The average Bonchev–Trinajstić information content (AvgIpc) is 2.37. The van der Waals surface area contributed by atoms with E-state index in [0.29, 0.717) is 0 Å². The van der Waals surface area contributed by atoms with E-state index in [2.05, 4.69) is 6.58 Å². The van der Waals surface area contributed by atoms with Crippen LogP contribution >= 0.6 is 0 Å². The van der Waals surface area contributed by atoms with Crippen LogP contribution in [0.2, 0.25) is 0 Å². The van der Waals surface area contributed by atoms with Crippen LogP contribution in [-0.2, 0) is 4.79 Å². The first-order valence-electron chi connectivity index (χ1n) is 6.40. The quantitative estimate of drug-likeness (QED) is 0.643. The molecule has 0 radical (unpaired) electrons. The van der Waals surface area contributed by atoms with E-state index >= 15 is 0 Å². The van der Waals surface area contributed by atoms with E-state index in [1.807, 2.05) is 13.8 Å². The third kappa shape index (κ3) is 1.91. The summed E-state index contributed by atoms with van der Waals surface area (Å²) >= 11 is 0. The number of fused-ring (bicyclic) bond motifs is 1. The molecule has 0 heterocycles. The van der Waals surface area contributed by atoms with Crippen molar-refractivity contribution in [1.82, 2.24) is 0 Å². The number of rotatable bonds is 2. The van der Waals surface area contributed by atoms with Gasteiger partial charge in [-0.25, -0.2) is 0 Å². The van der Waals surface area contributed by atoms with Gasteiger partial charge in [0.05, 0.1) is 12.7 Å². The van der Waals surface area contributed by atoms with E-state index in [1.54, 1.807) is 12.2 Å². The number of hydrogen-bond acceptors (Lipinski definition) is 4. The summed E-state index contributed by atoms with van der Waals surface area (Å²) in [6, 6.07) is 0. The van der Waals surface area contributed by atoms with E-state index in [1.165, 1.54) is 6.08 Å². The summed E-state index contributed by atoms with van der Waals surface area (Å²) in [5.41, 5.74) is -1.35. The van der Waals surface area contributed by atoms with Crippen LogP contribution < -0.4 is 0 Å². The first-order valence-corrected chi connectivity index (χ1v) is 6.40. The molecular weight excluding hydrogens is 244 g/mol. The molecule has 0 aromatic heterocycles. The van der Waals surface area contributed by atoms with Crippen LogP contribution in [0.15, 0.2) is 36.0 Å². The monoisotopic (exact) mass is 264 g/mol. The molecule has 2 rings (SSSR count). The fourth-order valence-corrected chi connectivity index (χ4v) is 2.98. The minimum atomic E-state index is -1.74. The normalized spacial score (nSPS) is 41.7. The maximum Gasteiger partial charge on any atom is 0.191 e. The highest BCUT2D eigenvalue weighted by atomic mass is 16.3. The Bertz CT molecular complexity index is 490. The molecule has 2 aliphatic carbocycles. The molecule has 4 nitrogen and oxygen atoms in total. The fraction of sp³-hybridized carbons (Fsp3) is 0.533. The second-order valence-corrected chi connectivity index (χ2v) is 5.82. The number of carbonyl (C=O) groups excluding carboxylic acids is 1. The van der Waals surface area contributed by atoms with Crippen molar-refractivity contribution in [3.63, 3.8) is 0 Å². The standard InChI is InChI=1S/C15H20O4/c1-9(7-16)15(19)8-14(3)10(2)12(17)5-4-11(14)6-13(15)18/h4-6,10,12,16-17,19H,1,7-8H2,2-3H3/t10-,12-,14+,15+/m0/s1. The van der Waals surface area contributed by atoms with Gasteiger partial charge in [-0.2, -0.15) is 0 Å². The van der Waals surface area contributed by atoms with Crippen LogP contribution in [0.25, 0.3) is 0 Å². The Hall–Kier alpha value is -1.23. The predicted octanol–water partition coefficient (Wildman–Crippen LogP) is 0.738. The second kappa shape index (κ2) is 4.40. The zero-order valence-corrected chi connectivity index (χ0v) is 11.3. The number of aliphatic hydroxyl groups excluding tert-OH is 2. The van der Waals surface area contributed by atoms with Gasteiger partial charge in [0.2, 0.25) is 0 Å². The van der Waals surface area contributed by atoms with Crippen molar-refractivity contribution in [1.29, 1.82) is 0 Å². The molecule has 0 bridgehead atoms. The summed E-state index contributed by atoms with van der Waals surface area (Å²) in [6.45, 7) is 6.97. The number of aliphatic hydroxyl groups is 3. The van der Waals surface area contributed by atoms with Crippen LogP contribution in [0.1, 0.15) is 20.3 Å². The molecule has 0 saturated heterocycles. The Morgan fingerprint density at radius 2 is 2.21 bits per heavy atom. The molecule has 0 aromatic rings. The SMILES string of the molecule is C=C(CO)[C@]1(O)C[C@@]2(C)C(=CC1=O)C=C[C@H](O)[C@@H]2C. The minimum absolute atomic E-state index is 0.102. The van der Waals surface area contributed by atoms with Gasteiger partial charge < -0.3 is 15.3 Å². The van der Waals surface area contributed by atoms with Crippen molar-refractivity contribution in [2.45, 2.75) is 32.0 Å². The molecule has 4 heteroatoms. The van der Waals surface area contributed by atoms with Gasteiger partial charge in [0.1, 0.15) is 0 Å². The molecule has 19 heavy (non-hydrogen) atoms. The van der Waals surface area contributed by atoms with Gasteiger partial charge >= 0.3 is 0 Å². The molecule has 0 saturated carbocycles. The third-order valence-corrected chi connectivity index (χ3v) is 4.74. The third-order valence-electron chi connectivity index (χ3n) is 4.74. The first kappa shape index (κ1) is 14.2. The Kier molecular flexibility index (Phi) is 3.29. The van der Waals surface area contributed by atoms with Crippen molar-refractivity contribution >= 4 is 5.78 Å². The minimum Gasteiger partial charge on any atom is -0.392 e. The molecule has 0 spiro atoms. The number of hydrogen-bond donors (Lipinski definition) is 3. The molecule has 0 fully saturated rings. The lowest BCUT2D eigenvalue weighted by molar-refractivity contribution is -0.134. The molecule has 3 N–H and O–H groups in total. The maximum absolute atomic E-state index is 12.1. The summed E-state index contributed by atoms with van der Waals surface area (Å²) < 4.78 is 0. The van der Waals surface area contributed by atoms with E-state index in [-0.39, 0.29) is 17.9 Å². The van der Waals surface area contributed by atoms with Gasteiger partial charge in [0.15, 0.2) is 11.4 Å². The molecule has 0 aliphatic heterocycles.